The molecule has 6 heteroatoms. The molecule has 100 valence electrons. The summed E-state index contributed by atoms with van der Waals surface area (Å²) in [7, 11) is 3.43. The third-order valence-electron chi connectivity index (χ3n) is 2.38. The van der Waals surface area contributed by atoms with Gasteiger partial charge in [0, 0.05) is 19.2 Å². The van der Waals surface area contributed by atoms with E-state index in [2.05, 4.69) is 15.3 Å². The fourth-order valence-electron chi connectivity index (χ4n) is 1.46. The summed E-state index contributed by atoms with van der Waals surface area (Å²) in [5.74, 6) is 2.63. The summed E-state index contributed by atoms with van der Waals surface area (Å²) in [6.45, 7) is 0. The van der Waals surface area contributed by atoms with Crippen molar-refractivity contribution >= 4 is 17.6 Å². The van der Waals surface area contributed by atoms with Crippen LogP contribution in [0.25, 0.3) is 0 Å². The number of hydrogen-bond acceptors (Lipinski definition) is 6. The largest absolute Gasteiger partial charge is 0.497 e. The normalized spacial score (nSPS) is 10.1. The van der Waals surface area contributed by atoms with E-state index in [0.717, 1.165) is 11.6 Å². The van der Waals surface area contributed by atoms with Crippen LogP contribution in [0.1, 0.15) is 0 Å². The smallest absolute Gasteiger partial charge is 0.225 e. The van der Waals surface area contributed by atoms with Crippen LogP contribution in [-0.4, -0.2) is 30.4 Å². The van der Waals surface area contributed by atoms with E-state index in [4.69, 9.17) is 9.47 Å². The van der Waals surface area contributed by atoms with Gasteiger partial charge in [-0.2, -0.15) is 4.98 Å². The predicted molar refractivity (Wildman–Crippen MR) is 76.4 cm³/mol. The van der Waals surface area contributed by atoms with E-state index in [0.29, 0.717) is 16.8 Å². The van der Waals surface area contributed by atoms with Crippen LogP contribution in [0, 0.1) is 0 Å². The summed E-state index contributed by atoms with van der Waals surface area (Å²) in [6, 6.07) is 9.13. The van der Waals surface area contributed by atoms with Gasteiger partial charge in [0.05, 0.1) is 7.11 Å². The highest BCUT2D eigenvalue weighted by atomic mass is 32.2. The molecule has 0 aliphatic rings. The minimum absolute atomic E-state index is 0.497. The number of aromatic nitrogens is 2. The Morgan fingerprint density at radius 2 is 1.95 bits per heavy atom. The van der Waals surface area contributed by atoms with Crippen LogP contribution in [0.4, 0.5) is 5.82 Å². The topological polar surface area (TPSA) is 56.3 Å². The van der Waals surface area contributed by atoms with Crippen LogP contribution in [0.5, 0.6) is 17.4 Å². The van der Waals surface area contributed by atoms with Crippen molar-refractivity contribution in [2.45, 2.75) is 5.16 Å². The second kappa shape index (κ2) is 6.29. The molecular weight excluding hydrogens is 262 g/mol. The molecule has 5 nitrogen and oxygen atoms in total. The van der Waals surface area contributed by atoms with Gasteiger partial charge in [0.1, 0.15) is 17.3 Å². The van der Waals surface area contributed by atoms with Crippen molar-refractivity contribution in [3.8, 4) is 17.4 Å². The van der Waals surface area contributed by atoms with Crippen LogP contribution < -0.4 is 14.8 Å². The summed E-state index contributed by atoms with van der Waals surface area (Å²) in [4.78, 5) is 8.58. The first-order valence-electron chi connectivity index (χ1n) is 5.68. The minimum atomic E-state index is 0.497. The number of anilines is 1. The molecule has 0 unspecified atom stereocenters. The number of ether oxygens (including phenoxy) is 2. The number of nitrogens with zero attached hydrogens (tertiary/aromatic N) is 2. The van der Waals surface area contributed by atoms with Gasteiger partial charge in [0.15, 0.2) is 5.16 Å². The number of methoxy groups -OCH3 is 1. The molecular formula is C13H15N3O2S. The molecule has 0 saturated carbocycles. The summed E-state index contributed by atoms with van der Waals surface area (Å²) in [5, 5.41) is 3.64. The lowest BCUT2D eigenvalue weighted by Gasteiger charge is -2.08. The lowest BCUT2D eigenvalue weighted by atomic mass is 10.3. The monoisotopic (exact) mass is 277 g/mol. The van der Waals surface area contributed by atoms with Crippen molar-refractivity contribution in [3.05, 3.63) is 30.3 Å². The zero-order valence-electron chi connectivity index (χ0n) is 11.0. The van der Waals surface area contributed by atoms with Crippen LogP contribution in [0.2, 0.25) is 0 Å². The van der Waals surface area contributed by atoms with E-state index in [1.165, 1.54) is 11.8 Å². The van der Waals surface area contributed by atoms with Gasteiger partial charge in [-0.05, 0) is 18.4 Å². The number of rotatable bonds is 5. The molecule has 0 amide bonds. The molecule has 1 aromatic heterocycles. The zero-order valence-corrected chi connectivity index (χ0v) is 11.8. The first-order chi connectivity index (χ1) is 9.25. The standard InChI is InChI=1S/C13H15N3O2S/c1-14-11-8-12(16-13(15-11)19-3)18-10-6-4-5-9(7-10)17-2/h4-8H,1-3H3,(H,14,15,16). The molecule has 0 saturated heterocycles. The predicted octanol–water partition coefficient (Wildman–Crippen LogP) is 3.04. The molecule has 0 fully saturated rings. The van der Waals surface area contributed by atoms with Gasteiger partial charge in [-0.1, -0.05) is 17.8 Å². The van der Waals surface area contributed by atoms with Crippen molar-refractivity contribution in [1.82, 2.24) is 9.97 Å². The maximum atomic E-state index is 5.72. The molecule has 19 heavy (non-hydrogen) atoms. The average molecular weight is 277 g/mol. The molecule has 2 aromatic rings. The summed E-state index contributed by atoms with van der Waals surface area (Å²) < 4.78 is 10.9. The van der Waals surface area contributed by atoms with Crippen LogP contribution in [0.3, 0.4) is 0 Å². The Labute approximate surface area is 116 Å². The van der Waals surface area contributed by atoms with Gasteiger partial charge >= 0.3 is 0 Å². The maximum absolute atomic E-state index is 5.72. The highest BCUT2D eigenvalue weighted by Crippen LogP contribution is 2.26. The van der Waals surface area contributed by atoms with Gasteiger partial charge in [-0.3, -0.25) is 0 Å². The Morgan fingerprint density at radius 3 is 2.63 bits per heavy atom. The Morgan fingerprint density at radius 1 is 1.16 bits per heavy atom. The third kappa shape index (κ3) is 3.51. The molecule has 0 aliphatic heterocycles. The summed E-state index contributed by atoms with van der Waals surface area (Å²) in [6.07, 6.45) is 1.92. The fraction of sp³-hybridized carbons (Fsp3) is 0.231. The average Bonchev–Trinajstić information content (AvgIpc) is 2.47. The number of benzene rings is 1. The fourth-order valence-corrected chi connectivity index (χ4v) is 1.83. The quantitative estimate of drug-likeness (QED) is 0.669. The molecule has 0 radical (unpaired) electrons. The molecule has 1 N–H and O–H groups in total. The second-order valence-corrected chi connectivity index (χ2v) is 4.38. The Bertz CT molecular complexity index is 541. The van der Waals surface area contributed by atoms with Crippen molar-refractivity contribution < 1.29 is 9.47 Å². The zero-order chi connectivity index (χ0) is 13.7. The van der Waals surface area contributed by atoms with Gasteiger partial charge in [-0.15, -0.1) is 0 Å². The van der Waals surface area contributed by atoms with Crippen molar-refractivity contribution in [2.75, 3.05) is 25.7 Å². The van der Waals surface area contributed by atoms with E-state index >= 15 is 0 Å². The molecule has 0 bridgehead atoms. The number of hydrogen-bond donors (Lipinski definition) is 1. The van der Waals surface area contributed by atoms with E-state index in [9.17, 15) is 0 Å². The van der Waals surface area contributed by atoms with Crippen LogP contribution in [-0.2, 0) is 0 Å². The van der Waals surface area contributed by atoms with Gasteiger partial charge in [-0.25, -0.2) is 4.98 Å². The van der Waals surface area contributed by atoms with Crippen LogP contribution in [0.15, 0.2) is 35.5 Å². The van der Waals surface area contributed by atoms with Crippen molar-refractivity contribution in [1.29, 1.82) is 0 Å². The Kier molecular flexibility index (Phi) is 4.46. The SMILES string of the molecule is CNc1cc(Oc2cccc(OC)c2)nc(SC)n1. The maximum Gasteiger partial charge on any atom is 0.225 e. The highest BCUT2D eigenvalue weighted by Gasteiger charge is 2.06. The summed E-state index contributed by atoms with van der Waals surface area (Å²) in [5.41, 5.74) is 0. The van der Waals surface area contributed by atoms with Gasteiger partial charge in [0.2, 0.25) is 5.88 Å². The Balaban J connectivity index is 2.26. The molecule has 1 aromatic carbocycles. The minimum Gasteiger partial charge on any atom is -0.497 e. The lowest BCUT2D eigenvalue weighted by molar-refractivity contribution is 0.406. The molecule has 0 aliphatic carbocycles. The van der Waals surface area contributed by atoms with E-state index in [-0.39, 0.29) is 0 Å². The van der Waals surface area contributed by atoms with Gasteiger partial charge < -0.3 is 14.8 Å². The summed E-state index contributed by atoms with van der Waals surface area (Å²) >= 11 is 1.46. The number of thioether (sulfide) groups is 1. The lowest BCUT2D eigenvalue weighted by Crippen LogP contribution is -1.98. The van der Waals surface area contributed by atoms with E-state index in [1.807, 2.05) is 31.5 Å². The van der Waals surface area contributed by atoms with Crippen molar-refractivity contribution in [3.63, 3.8) is 0 Å². The number of nitrogens with one attached hydrogen (secondary N) is 1. The Hall–Kier alpha value is -1.95. The third-order valence-corrected chi connectivity index (χ3v) is 2.93. The van der Waals surface area contributed by atoms with E-state index in [1.54, 1.807) is 19.2 Å². The molecule has 0 atom stereocenters. The molecule has 1 heterocycles. The first-order valence-corrected chi connectivity index (χ1v) is 6.90. The second-order valence-electron chi connectivity index (χ2n) is 3.61. The molecule has 2 rings (SSSR count). The molecule has 0 spiro atoms. The first kappa shape index (κ1) is 13.5. The van der Waals surface area contributed by atoms with Crippen molar-refractivity contribution in [2.24, 2.45) is 0 Å². The highest BCUT2D eigenvalue weighted by molar-refractivity contribution is 7.98. The van der Waals surface area contributed by atoms with Gasteiger partial charge in [0.25, 0.3) is 0 Å². The van der Waals surface area contributed by atoms with Crippen LogP contribution >= 0.6 is 11.8 Å². The van der Waals surface area contributed by atoms with E-state index < -0.39 is 0 Å².